The van der Waals surface area contributed by atoms with Gasteiger partial charge in [0.1, 0.15) is 5.69 Å². The van der Waals surface area contributed by atoms with Gasteiger partial charge in [-0.2, -0.15) is 5.10 Å². The third kappa shape index (κ3) is 1.95. The number of rotatable bonds is 3. The summed E-state index contributed by atoms with van der Waals surface area (Å²) in [5.74, 6) is 0. The van der Waals surface area contributed by atoms with Gasteiger partial charge in [-0.05, 0) is 18.9 Å². The van der Waals surface area contributed by atoms with Crippen LogP contribution in [0.25, 0.3) is 0 Å². The fourth-order valence-corrected chi connectivity index (χ4v) is 1.54. The van der Waals surface area contributed by atoms with Crippen LogP contribution in [-0.4, -0.2) is 28.8 Å². The Bertz CT molecular complexity index is 290. The van der Waals surface area contributed by atoms with E-state index in [1.54, 1.807) is 10.7 Å². The number of carbonyl (C=O) groups excluding carboxylic acids is 1. The summed E-state index contributed by atoms with van der Waals surface area (Å²) in [6.07, 6.45) is 5.07. The molecule has 4 nitrogen and oxygen atoms in total. The lowest BCUT2D eigenvalue weighted by Crippen LogP contribution is -2.15. The number of nitrogens with zero attached hydrogens (tertiary/aromatic N) is 2. The van der Waals surface area contributed by atoms with Crippen molar-refractivity contribution in [3.63, 3.8) is 0 Å². The van der Waals surface area contributed by atoms with E-state index in [0.717, 1.165) is 32.3 Å². The van der Waals surface area contributed by atoms with Crippen LogP contribution in [0, 0.1) is 0 Å². The van der Waals surface area contributed by atoms with E-state index in [9.17, 15) is 4.79 Å². The van der Waals surface area contributed by atoms with Gasteiger partial charge in [-0.1, -0.05) is 0 Å². The molecule has 1 unspecified atom stereocenters. The molecule has 0 amide bonds. The van der Waals surface area contributed by atoms with E-state index in [0.29, 0.717) is 5.69 Å². The van der Waals surface area contributed by atoms with Gasteiger partial charge in [0, 0.05) is 12.8 Å². The van der Waals surface area contributed by atoms with Crippen molar-refractivity contribution in [3.05, 3.63) is 18.0 Å². The molecule has 0 N–H and O–H groups in total. The first-order chi connectivity index (χ1) is 6.38. The predicted octanol–water partition coefficient (Wildman–Crippen LogP) is 0.875. The minimum atomic E-state index is 0.277. The van der Waals surface area contributed by atoms with Crippen molar-refractivity contribution < 1.29 is 9.53 Å². The number of aldehydes is 1. The van der Waals surface area contributed by atoms with Crippen molar-refractivity contribution in [2.24, 2.45) is 0 Å². The van der Waals surface area contributed by atoms with Gasteiger partial charge in [0.25, 0.3) is 0 Å². The van der Waals surface area contributed by atoms with E-state index in [1.165, 1.54) is 0 Å². The summed E-state index contributed by atoms with van der Waals surface area (Å²) < 4.78 is 7.21. The SMILES string of the molecule is O=Cc1ccn(CC2CCCO2)n1. The van der Waals surface area contributed by atoms with E-state index < -0.39 is 0 Å². The molecule has 0 bridgehead atoms. The molecule has 4 heteroatoms. The third-order valence-electron chi connectivity index (χ3n) is 2.20. The largest absolute Gasteiger partial charge is 0.376 e. The number of aromatic nitrogens is 2. The molecule has 70 valence electrons. The Morgan fingerprint density at radius 2 is 2.69 bits per heavy atom. The highest BCUT2D eigenvalue weighted by atomic mass is 16.5. The first-order valence-corrected chi connectivity index (χ1v) is 4.49. The number of hydrogen-bond acceptors (Lipinski definition) is 3. The van der Waals surface area contributed by atoms with Gasteiger partial charge < -0.3 is 4.74 Å². The summed E-state index contributed by atoms with van der Waals surface area (Å²) in [5.41, 5.74) is 0.484. The van der Waals surface area contributed by atoms with Crippen LogP contribution in [0.5, 0.6) is 0 Å². The maximum Gasteiger partial charge on any atom is 0.170 e. The normalized spacial score (nSPS) is 22.0. The summed E-state index contributed by atoms with van der Waals surface area (Å²) in [6.45, 7) is 1.61. The fraction of sp³-hybridized carbons (Fsp3) is 0.556. The van der Waals surface area contributed by atoms with Crippen LogP contribution in [0.4, 0.5) is 0 Å². The molecule has 13 heavy (non-hydrogen) atoms. The molecule has 1 fully saturated rings. The summed E-state index contributed by atoms with van der Waals surface area (Å²) in [4.78, 5) is 10.3. The van der Waals surface area contributed by atoms with Crippen molar-refractivity contribution >= 4 is 6.29 Å². The van der Waals surface area contributed by atoms with Crippen LogP contribution in [0.2, 0.25) is 0 Å². The average Bonchev–Trinajstić information content (AvgIpc) is 2.76. The molecule has 1 aromatic rings. The van der Waals surface area contributed by atoms with Gasteiger partial charge in [0.2, 0.25) is 0 Å². The molecule has 1 aliphatic rings. The standard InChI is InChI=1S/C9H12N2O2/c12-7-8-3-4-11(10-8)6-9-2-1-5-13-9/h3-4,7,9H,1-2,5-6H2. The van der Waals surface area contributed by atoms with E-state index in [2.05, 4.69) is 5.10 Å². The van der Waals surface area contributed by atoms with Gasteiger partial charge in [-0.3, -0.25) is 9.48 Å². The molecular formula is C9H12N2O2. The molecule has 1 atom stereocenters. The second kappa shape index (κ2) is 3.70. The lowest BCUT2D eigenvalue weighted by molar-refractivity contribution is 0.0936. The smallest absolute Gasteiger partial charge is 0.170 e. The highest BCUT2D eigenvalue weighted by molar-refractivity contribution is 5.71. The Kier molecular flexibility index (Phi) is 2.40. The molecule has 1 saturated heterocycles. The Balaban J connectivity index is 1.96. The third-order valence-corrected chi connectivity index (χ3v) is 2.20. The van der Waals surface area contributed by atoms with Crippen LogP contribution < -0.4 is 0 Å². The maximum absolute atomic E-state index is 10.3. The van der Waals surface area contributed by atoms with Crippen molar-refractivity contribution in [2.75, 3.05) is 6.61 Å². The molecule has 1 aliphatic heterocycles. The van der Waals surface area contributed by atoms with Crippen molar-refractivity contribution in [3.8, 4) is 0 Å². The highest BCUT2D eigenvalue weighted by Crippen LogP contribution is 2.13. The van der Waals surface area contributed by atoms with Crippen LogP contribution in [-0.2, 0) is 11.3 Å². The van der Waals surface area contributed by atoms with E-state index in [-0.39, 0.29) is 6.10 Å². The first-order valence-electron chi connectivity index (χ1n) is 4.49. The molecule has 0 saturated carbocycles. The zero-order valence-corrected chi connectivity index (χ0v) is 7.35. The van der Waals surface area contributed by atoms with Crippen molar-refractivity contribution in [1.82, 2.24) is 9.78 Å². The molecule has 2 heterocycles. The van der Waals surface area contributed by atoms with Crippen molar-refractivity contribution in [1.29, 1.82) is 0 Å². The van der Waals surface area contributed by atoms with Gasteiger partial charge in [0.05, 0.1) is 12.6 Å². The Morgan fingerprint density at radius 1 is 1.77 bits per heavy atom. The summed E-state index contributed by atoms with van der Waals surface area (Å²) in [7, 11) is 0. The van der Waals surface area contributed by atoms with E-state index in [1.807, 2.05) is 6.20 Å². The van der Waals surface area contributed by atoms with Crippen LogP contribution in [0.1, 0.15) is 23.3 Å². The quantitative estimate of drug-likeness (QED) is 0.648. The Labute approximate surface area is 76.5 Å². The molecule has 2 rings (SSSR count). The number of hydrogen-bond donors (Lipinski definition) is 0. The summed E-state index contributed by atoms with van der Waals surface area (Å²) in [6, 6.07) is 1.71. The van der Waals surface area contributed by atoms with Gasteiger partial charge in [-0.25, -0.2) is 0 Å². The Morgan fingerprint density at radius 3 is 3.31 bits per heavy atom. The molecule has 1 aromatic heterocycles. The van der Waals surface area contributed by atoms with E-state index in [4.69, 9.17) is 4.74 Å². The zero-order chi connectivity index (χ0) is 9.10. The first kappa shape index (κ1) is 8.44. The molecule has 0 spiro atoms. The second-order valence-corrected chi connectivity index (χ2v) is 3.22. The second-order valence-electron chi connectivity index (χ2n) is 3.22. The number of ether oxygens (including phenoxy) is 1. The topological polar surface area (TPSA) is 44.1 Å². The minimum absolute atomic E-state index is 0.277. The zero-order valence-electron chi connectivity index (χ0n) is 7.35. The van der Waals surface area contributed by atoms with Crippen LogP contribution >= 0.6 is 0 Å². The molecule has 0 radical (unpaired) electrons. The summed E-state index contributed by atoms with van der Waals surface area (Å²) >= 11 is 0. The highest BCUT2D eigenvalue weighted by Gasteiger charge is 2.16. The van der Waals surface area contributed by atoms with Gasteiger partial charge in [0.15, 0.2) is 6.29 Å². The fourth-order valence-electron chi connectivity index (χ4n) is 1.54. The van der Waals surface area contributed by atoms with Gasteiger partial charge >= 0.3 is 0 Å². The van der Waals surface area contributed by atoms with Gasteiger partial charge in [-0.15, -0.1) is 0 Å². The monoisotopic (exact) mass is 180 g/mol. The average molecular weight is 180 g/mol. The van der Waals surface area contributed by atoms with E-state index >= 15 is 0 Å². The summed E-state index contributed by atoms with van der Waals surface area (Å²) in [5, 5.41) is 4.06. The molecular weight excluding hydrogens is 168 g/mol. The van der Waals surface area contributed by atoms with Crippen LogP contribution in [0.15, 0.2) is 12.3 Å². The molecule has 0 aliphatic carbocycles. The molecule has 0 aromatic carbocycles. The van der Waals surface area contributed by atoms with Crippen molar-refractivity contribution in [2.45, 2.75) is 25.5 Å². The Hall–Kier alpha value is -1.16. The lowest BCUT2D eigenvalue weighted by Gasteiger charge is -2.08. The lowest BCUT2D eigenvalue weighted by atomic mass is 10.2. The number of carbonyl (C=O) groups is 1. The predicted molar refractivity (Wildman–Crippen MR) is 46.6 cm³/mol. The maximum atomic E-state index is 10.3. The minimum Gasteiger partial charge on any atom is -0.376 e. The van der Waals surface area contributed by atoms with Crippen LogP contribution in [0.3, 0.4) is 0 Å².